The zero-order chi connectivity index (χ0) is 19.8. The summed E-state index contributed by atoms with van der Waals surface area (Å²) in [6, 6.07) is 0.135. The molecule has 4 heteroatoms. The number of carbonyl (C=O) groups is 2. The van der Waals surface area contributed by atoms with Crippen LogP contribution < -0.4 is 10.6 Å². The van der Waals surface area contributed by atoms with Gasteiger partial charge < -0.3 is 10.6 Å². The summed E-state index contributed by atoms with van der Waals surface area (Å²) in [7, 11) is 1.80. The van der Waals surface area contributed by atoms with Gasteiger partial charge in [0.2, 0.25) is 0 Å². The first-order valence-corrected chi connectivity index (χ1v) is 9.72. The average molecular weight is 361 g/mol. The predicted octanol–water partition coefficient (Wildman–Crippen LogP) is 4.11. The van der Waals surface area contributed by atoms with Gasteiger partial charge in [-0.2, -0.15) is 0 Å². The van der Waals surface area contributed by atoms with E-state index in [0.717, 1.165) is 32.1 Å². The summed E-state index contributed by atoms with van der Waals surface area (Å²) in [6.07, 6.45) is 15.2. The third kappa shape index (κ3) is 9.52. The van der Waals surface area contributed by atoms with Gasteiger partial charge in [0, 0.05) is 17.5 Å². The fraction of sp³-hybridized carbons (Fsp3) is 0.545. The molecule has 1 rings (SSSR count). The van der Waals surface area contributed by atoms with E-state index >= 15 is 0 Å². The van der Waals surface area contributed by atoms with Crippen LogP contribution in [0.1, 0.15) is 52.9 Å². The smallest absolute Gasteiger partial charge is 0.251 e. The third-order valence-corrected chi connectivity index (χ3v) is 4.25. The van der Waals surface area contributed by atoms with Crippen molar-refractivity contribution in [2.75, 3.05) is 13.6 Å². The van der Waals surface area contributed by atoms with Crippen molar-refractivity contribution in [2.24, 2.45) is 5.92 Å². The van der Waals surface area contributed by atoms with Gasteiger partial charge in [-0.15, -0.1) is 0 Å². The van der Waals surface area contributed by atoms with Crippen molar-refractivity contribution in [3.05, 3.63) is 48.6 Å². The molecule has 0 aliphatic heterocycles. The van der Waals surface area contributed by atoms with Gasteiger partial charge in [0.25, 0.3) is 5.91 Å². The Balaban J connectivity index is 0.00000301. The van der Waals surface area contributed by atoms with Crippen LogP contribution in [-0.4, -0.2) is 31.3 Å². The van der Waals surface area contributed by atoms with E-state index in [0.29, 0.717) is 12.1 Å². The fourth-order valence-electron chi connectivity index (χ4n) is 2.93. The van der Waals surface area contributed by atoms with Crippen LogP contribution >= 0.6 is 0 Å². The van der Waals surface area contributed by atoms with Gasteiger partial charge in [-0.3, -0.25) is 9.59 Å². The van der Waals surface area contributed by atoms with E-state index in [1.165, 1.54) is 0 Å². The highest BCUT2D eigenvalue weighted by molar-refractivity contribution is 5.96. The summed E-state index contributed by atoms with van der Waals surface area (Å²) in [5, 5.41) is 6.05. The molecule has 0 radical (unpaired) electrons. The number of Topliss-reactive ketones (excluding diaryl/α,β-unsaturated/α-hetero) is 1. The van der Waals surface area contributed by atoms with Crippen LogP contribution in [0.3, 0.4) is 0 Å². The molecule has 0 bridgehead atoms. The molecule has 2 unspecified atom stereocenters. The van der Waals surface area contributed by atoms with E-state index in [1.807, 2.05) is 32.9 Å². The number of nitrogens with one attached hydrogen (secondary N) is 2. The van der Waals surface area contributed by atoms with Gasteiger partial charge in [0.1, 0.15) is 5.78 Å². The standard InChI is InChI=1S/C20H30N2O2.C2H6/c1-4-6-9-17(10-7-5-2)20(24)22-18-12-8-11-16(13-14-18)19(23)15-21-3;1-2/h4-7,9-10,16,18,21H,1,8,11-15H2,2-3H3,(H,22,24);1-2H3/b7-5-,9-6-,17-10+;. The lowest BCUT2D eigenvalue weighted by atomic mass is 9.95. The lowest BCUT2D eigenvalue weighted by Crippen LogP contribution is -2.35. The summed E-state index contributed by atoms with van der Waals surface area (Å²) in [6.45, 7) is 9.99. The molecule has 1 fully saturated rings. The lowest BCUT2D eigenvalue weighted by Gasteiger charge is -2.17. The van der Waals surface area contributed by atoms with Gasteiger partial charge >= 0.3 is 0 Å². The van der Waals surface area contributed by atoms with Crippen molar-refractivity contribution in [2.45, 2.75) is 58.9 Å². The van der Waals surface area contributed by atoms with E-state index in [4.69, 9.17) is 0 Å². The number of carbonyl (C=O) groups excluding carboxylic acids is 2. The summed E-state index contributed by atoms with van der Waals surface area (Å²) in [5.74, 6) is 0.335. The second-order valence-corrected chi connectivity index (χ2v) is 6.11. The SMILES string of the molecule is C=C\C=C/C(=C\C=C/C)C(=O)NC1CCCC(C(=O)CNC)CC1.CC. The highest BCUT2D eigenvalue weighted by atomic mass is 16.1. The number of allylic oxidation sites excluding steroid dienone is 5. The molecule has 0 aromatic carbocycles. The minimum atomic E-state index is -0.0730. The third-order valence-electron chi connectivity index (χ3n) is 4.25. The van der Waals surface area contributed by atoms with E-state index < -0.39 is 0 Å². The fourth-order valence-corrected chi connectivity index (χ4v) is 2.93. The molecule has 1 aliphatic carbocycles. The Bertz CT molecular complexity index is 518. The Kier molecular flexibility index (Phi) is 14.2. The number of hydrogen-bond donors (Lipinski definition) is 2. The first-order chi connectivity index (χ1) is 12.6. The minimum absolute atomic E-state index is 0.0730. The Hall–Kier alpha value is -1.94. The van der Waals surface area contributed by atoms with E-state index in [-0.39, 0.29) is 23.7 Å². The molecule has 2 N–H and O–H groups in total. The molecule has 1 saturated carbocycles. The Morgan fingerprint density at radius 3 is 2.46 bits per heavy atom. The highest BCUT2D eigenvalue weighted by Crippen LogP contribution is 2.24. The van der Waals surface area contributed by atoms with Crippen molar-refractivity contribution in [3.8, 4) is 0 Å². The van der Waals surface area contributed by atoms with Crippen molar-refractivity contribution >= 4 is 11.7 Å². The molecular weight excluding hydrogens is 324 g/mol. The van der Waals surface area contributed by atoms with Crippen molar-refractivity contribution in [1.29, 1.82) is 0 Å². The van der Waals surface area contributed by atoms with Crippen LogP contribution in [0.15, 0.2) is 48.6 Å². The highest BCUT2D eigenvalue weighted by Gasteiger charge is 2.24. The summed E-state index contributed by atoms with van der Waals surface area (Å²) >= 11 is 0. The number of amides is 1. The van der Waals surface area contributed by atoms with Crippen molar-refractivity contribution in [3.63, 3.8) is 0 Å². The molecule has 26 heavy (non-hydrogen) atoms. The molecule has 0 aromatic rings. The number of hydrogen-bond acceptors (Lipinski definition) is 3. The molecule has 1 amide bonds. The number of rotatable bonds is 8. The maximum atomic E-state index is 12.5. The molecule has 146 valence electrons. The quantitative estimate of drug-likeness (QED) is 0.389. The first-order valence-electron chi connectivity index (χ1n) is 9.72. The number of ketones is 1. The Morgan fingerprint density at radius 2 is 1.85 bits per heavy atom. The van der Waals surface area contributed by atoms with Crippen LogP contribution in [0.2, 0.25) is 0 Å². The predicted molar refractivity (Wildman–Crippen MR) is 111 cm³/mol. The Morgan fingerprint density at radius 1 is 1.12 bits per heavy atom. The maximum Gasteiger partial charge on any atom is 0.251 e. The van der Waals surface area contributed by atoms with Crippen LogP contribution in [0.4, 0.5) is 0 Å². The second kappa shape index (κ2) is 15.3. The van der Waals surface area contributed by atoms with Crippen LogP contribution in [0.25, 0.3) is 0 Å². The normalized spacial score (nSPS) is 21.0. The first kappa shape index (κ1) is 24.1. The maximum absolute atomic E-state index is 12.5. The molecule has 0 spiro atoms. The van der Waals surface area contributed by atoms with E-state index in [1.54, 1.807) is 31.4 Å². The van der Waals surface area contributed by atoms with Gasteiger partial charge in [0.05, 0.1) is 6.54 Å². The zero-order valence-electron chi connectivity index (χ0n) is 16.9. The molecule has 0 saturated heterocycles. The summed E-state index contributed by atoms with van der Waals surface area (Å²) in [5.41, 5.74) is 0.611. The summed E-state index contributed by atoms with van der Waals surface area (Å²) in [4.78, 5) is 24.5. The topological polar surface area (TPSA) is 58.2 Å². The average Bonchev–Trinajstić information content (AvgIpc) is 2.89. The monoisotopic (exact) mass is 360 g/mol. The minimum Gasteiger partial charge on any atom is -0.349 e. The van der Waals surface area contributed by atoms with E-state index in [2.05, 4.69) is 17.2 Å². The van der Waals surface area contributed by atoms with Gasteiger partial charge in [-0.1, -0.05) is 51.2 Å². The van der Waals surface area contributed by atoms with Crippen molar-refractivity contribution in [1.82, 2.24) is 10.6 Å². The molecular formula is C22H36N2O2. The lowest BCUT2D eigenvalue weighted by molar-refractivity contribution is -0.122. The van der Waals surface area contributed by atoms with Crippen molar-refractivity contribution < 1.29 is 9.59 Å². The van der Waals surface area contributed by atoms with E-state index in [9.17, 15) is 9.59 Å². The van der Waals surface area contributed by atoms with Gasteiger partial charge in [-0.25, -0.2) is 0 Å². The number of likely N-dealkylation sites (N-methyl/N-ethyl adjacent to an activating group) is 1. The Labute approximate surface area is 159 Å². The molecule has 1 aliphatic rings. The van der Waals surface area contributed by atoms with Crippen LogP contribution in [0.5, 0.6) is 0 Å². The molecule has 0 aromatic heterocycles. The van der Waals surface area contributed by atoms with Gasteiger partial charge in [0.15, 0.2) is 0 Å². The second-order valence-electron chi connectivity index (χ2n) is 6.11. The molecule has 4 nitrogen and oxygen atoms in total. The molecule has 2 atom stereocenters. The summed E-state index contributed by atoms with van der Waals surface area (Å²) < 4.78 is 0. The van der Waals surface area contributed by atoms with Gasteiger partial charge in [-0.05, 0) is 51.8 Å². The largest absolute Gasteiger partial charge is 0.349 e. The molecule has 0 heterocycles. The van der Waals surface area contributed by atoms with Crippen LogP contribution in [-0.2, 0) is 9.59 Å². The van der Waals surface area contributed by atoms with Crippen LogP contribution in [0, 0.1) is 5.92 Å². The zero-order valence-corrected chi connectivity index (χ0v) is 16.9.